The van der Waals surface area contributed by atoms with Crippen LogP contribution in [0.25, 0.3) is 0 Å². The minimum Gasteiger partial charge on any atom is -0.454 e. The lowest BCUT2D eigenvalue weighted by molar-refractivity contribution is 0.0944. The summed E-state index contributed by atoms with van der Waals surface area (Å²) in [4.78, 5) is 12.1. The van der Waals surface area contributed by atoms with Gasteiger partial charge in [-0.25, -0.2) is 0 Å². The van der Waals surface area contributed by atoms with E-state index in [9.17, 15) is 4.79 Å². The normalized spacial score (nSPS) is 14.2. The first-order chi connectivity index (χ1) is 9.44. The minimum atomic E-state index is -0.638. The van der Waals surface area contributed by atoms with Gasteiger partial charge in [-0.15, -0.1) is 0 Å². The van der Waals surface area contributed by atoms with Gasteiger partial charge in [0.2, 0.25) is 6.79 Å². The maximum Gasteiger partial charge on any atom is 0.251 e. The molecule has 0 unspecified atom stereocenters. The monoisotopic (exact) mass is 279 g/mol. The van der Waals surface area contributed by atoms with Crippen molar-refractivity contribution < 1.29 is 19.5 Å². The molecule has 2 rings (SSSR count). The Bertz CT molecular complexity index is 555. The number of oxime groups is 1. The number of carbonyl (C=O) groups is 1. The number of benzene rings is 1. The molecule has 0 spiro atoms. The van der Waals surface area contributed by atoms with Crippen LogP contribution >= 0.6 is 0 Å². The molecule has 4 N–H and O–H groups in total. The fourth-order valence-electron chi connectivity index (χ4n) is 1.67. The zero-order valence-corrected chi connectivity index (χ0v) is 11.3. The highest BCUT2D eigenvalue weighted by atomic mass is 16.7. The standard InChI is InChI=1S/C13H17N3O4/c1-13(2,12(14)16-18)6-15-11(17)8-3-4-9-10(5-8)20-7-19-9/h3-5,18H,6-7H2,1-2H3,(H2,14,16)(H,15,17). The second kappa shape index (κ2) is 5.28. The maximum absolute atomic E-state index is 12.1. The number of nitrogens with two attached hydrogens (primary N) is 1. The summed E-state index contributed by atoms with van der Waals surface area (Å²) in [6, 6.07) is 4.96. The molecule has 0 radical (unpaired) electrons. The molecule has 108 valence electrons. The van der Waals surface area contributed by atoms with Crippen molar-refractivity contribution >= 4 is 11.7 Å². The third kappa shape index (κ3) is 2.76. The number of hydrogen-bond acceptors (Lipinski definition) is 5. The molecule has 0 aliphatic carbocycles. The number of ether oxygens (including phenoxy) is 2. The number of amidine groups is 1. The average Bonchev–Trinajstić information content (AvgIpc) is 2.91. The molecule has 0 fully saturated rings. The first-order valence-corrected chi connectivity index (χ1v) is 6.10. The van der Waals surface area contributed by atoms with E-state index < -0.39 is 5.41 Å². The van der Waals surface area contributed by atoms with Crippen LogP contribution in [0.15, 0.2) is 23.4 Å². The molecule has 0 atom stereocenters. The summed E-state index contributed by atoms with van der Waals surface area (Å²) in [5, 5.41) is 14.4. The first kappa shape index (κ1) is 14.0. The highest BCUT2D eigenvalue weighted by molar-refractivity contribution is 5.95. The average molecular weight is 279 g/mol. The fraction of sp³-hybridized carbons (Fsp3) is 0.385. The van der Waals surface area contributed by atoms with Crippen LogP contribution in [0.5, 0.6) is 11.5 Å². The molecule has 20 heavy (non-hydrogen) atoms. The molecular formula is C13H17N3O4. The van der Waals surface area contributed by atoms with Gasteiger partial charge in [-0.2, -0.15) is 0 Å². The van der Waals surface area contributed by atoms with Gasteiger partial charge in [-0.3, -0.25) is 4.79 Å². The van der Waals surface area contributed by atoms with E-state index in [0.29, 0.717) is 17.1 Å². The van der Waals surface area contributed by atoms with Crippen molar-refractivity contribution in [3.8, 4) is 11.5 Å². The predicted molar refractivity (Wildman–Crippen MR) is 72.1 cm³/mol. The van der Waals surface area contributed by atoms with Gasteiger partial charge >= 0.3 is 0 Å². The van der Waals surface area contributed by atoms with Crippen molar-refractivity contribution in [3.63, 3.8) is 0 Å². The summed E-state index contributed by atoms with van der Waals surface area (Å²) in [6.07, 6.45) is 0. The van der Waals surface area contributed by atoms with Crippen LogP contribution in [0.3, 0.4) is 0 Å². The van der Waals surface area contributed by atoms with E-state index >= 15 is 0 Å². The van der Waals surface area contributed by atoms with E-state index in [2.05, 4.69) is 10.5 Å². The molecule has 0 bridgehead atoms. The van der Waals surface area contributed by atoms with Crippen LogP contribution in [-0.2, 0) is 0 Å². The Morgan fingerprint density at radius 2 is 2.15 bits per heavy atom. The lowest BCUT2D eigenvalue weighted by atomic mass is 9.92. The van der Waals surface area contributed by atoms with E-state index in [1.807, 2.05) is 0 Å². The second-order valence-corrected chi connectivity index (χ2v) is 5.12. The molecular weight excluding hydrogens is 262 g/mol. The number of amides is 1. The molecule has 1 aromatic rings. The number of nitrogens with zero attached hydrogens (tertiary/aromatic N) is 1. The number of carbonyl (C=O) groups excluding carboxylic acids is 1. The Morgan fingerprint density at radius 1 is 1.45 bits per heavy atom. The maximum atomic E-state index is 12.1. The topological polar surface area (TPSA) is 106 Å². The van der Waals surface area contributed by atoms with Crippen molar-refractivity contribution in [1.82, 2.24) is 5.32 Å². The number of rotatable bonds is 4. The van der Waals surface area contributed by atoms with Gasteiger partial charge in [0.05, 0.1) is 0 Å². The van der Waals surface area contributed by atoms with Crippen molar-refractivity contribution in [2.75, 3.05) is 13.3 Å². The van der Waals surface area contributed by atoms with Crippen molar-refractivity contribution in [3.05, 3.63) is 23.8 Å². The third-order valence-corrected chi connectivity index (χ3v) is 3.13. The van der Waals surface area contributed by atoms with E-state index in [0.717, 1.165) is 0 Å². The Morgan fingerprint density at radius 3 is 2.85 bits per heavy atom. The zero-order valence-electron chi connectivity index (χ0n) is 11.3. The Hall–Kier alpha value is -2.44. The molecule has 0 saturated heterocycles. The summed E-state index contributed by atoms with van der Waals surface area (Å²) in [5.41, 5.74) is 5.39. The molecule has 1 aliphatic rings. The lowest BCUT2D eigenvalue weighted by Crippen LogP contribution is -2.42. The third-order valence-electron chi connectivity index (χ3n) is 3.13. The van der Waals surface area contributed by atoms with Crippen LogP contribution < -0.4 is 20.5 Å². The number of hydrogen-bond donors (Lipinski definition) is 3. The molecule has 7 nitrogen and oxygen atoms in total. The van der Waals surface area contributed by atoms with Crippen LogP contribution in [0, 0.1) is 5.41 Å². The van der Waals surface area contributed by atoms with E-state index in [-0.39, 0.29) is 25.1 Å². The molecule has 0 saturated carbocycles. The summed E-state index contributed by atoms with van der Waals surface area (Å²) in [6.45, 7) is 3.94. The van der Waals surface area contributed by atoms with Crippen LogP contribution in [0.1, 0.15) is 24.2 Å². The van der Waals surface area contributed by atoms with Crippen LogP contribution in [0.2, 0.25) is 0 Å². The number of fused-ring (bicyclic) bond motifs is 1. The highest BCUT2D eigenvalue weighted by Crippen LogP contribution is 2.32. The molecule has 0 aromatic heterocycles. The predicted octanol–water partition coefficient (Wildman–Crippen LogP) is 0.918. The summed E-state index contributed by atoms with van der Waals surface area (Å²) in [5.74, 6) is 0.970. The quantitative estimate of drug-likeness (QED) is 0.329. The van der Waals surface area contributed by atoms with Crippen molar-refractivity contribution in [1.29, 1.82) is 0 Å². The minimum absolute atomic E-state index is 0.0588. The van der Waals surface area contributed by atoms with Gasteiger partial charge in [0.15, 0.2) is 11.5 Å². The van der Waals surface area contributed by atoms with Gasteiger partial charge < -0.3 is 25.7 Å². The summed E-state index contributed by atoms with van der Waals surface area (Å²) in [7, 11) is 0. The van der Waals surface area contributed by atoms with Crippen LogP contribution in [0.4, 0.5) is 0 Å². The van der Waals surface area contributed by atoms with Gasteiger partial charge in [-0.05, 0) is 18.2 Å². The van der Waals surface area contributed by atoms with Gasteiger partial charge in [0.1, 0.15) is 5.84 Å². The Balaban J connectivity index is 2.02. The smallest absolute Gasteiger partial charge is 0.251 e. The molecule has 1 aromatic carbocycles. The molecule has 1 heterocycles. The largest absolute Gasteiger partial charge is 0.454 e. The van der Waals surface area contributed by atoms with Crippen molar-refractivity contribution in [2.24, 2.45) is 16.3 Å². The molecule has 1 amide bonds. The zero-order chi connectivity index (χ0) is 14.8. The second-order valence-electron chi connectivity index (χ2n) is 5.12. The lowest BCUT2D eigenvalue weighted by Gasteiger charge is -2.23. The molecule has 1 aliphatic heterocycles. The fourth-order valence-corrected chi connectivity index (χ4v) is 1.67. The Labute approximate surface area is 116 Å². The summed E-state index contributed by atoms with van der Waals surface area (Å²) >= 11 is 0. The SMILES string of the molecule is CC(C)(CNC(=O)c1ccc2c(c1)OCO2)/C(N)=N/O. The van der Waals surface area contributed by atoms with E-state index in [4.69, 9.17) is 20.4 Å². The van der Waals surface area contributed by atoms with Gasteiger partial charge in [0.25, 0.3) is 5.91 Å². The van der Waals surface area contributed by atoms with Gasteiger partial charge in [-0.1, -0.05) is 19.0 Å². The van der Waals surface area contributed by atoms with Crippen molar-refractivity contribution in [2.45, 2.75) is 13.8 Å². The van der Waals surface area contributed by atoms with Gasteiger partial charge in [0, 0.05) is 17.5 Å². The Kier molecular flexibility index (Phi) is 3.69. The van der Waals surface area contributed by atoms with E-state index in [1.165, 1.54) is 0 Å². The van der Waals surface area contributed by atoms with Crippen LogP contribution in [-0.4, -0.2) is 30.3 Å². The summed E-state index contributed by atoms with van der Waals surface area (Å²) < 4.78 is 10.4. The van der Waals surface area contributed by atoms with E-state index in [1.54, 1.807) is 32.0 Å². The number of nitrogens with one attached hydrogen (secondary N) is 1. The highest BCUT2D eigenvalue weighted by Gasteiger charge is 2.25. The molecule has 7 heteroatoms. The first-order valence-electron chi connectivity index (χ1n) is 6.10.